The van der Waals surface area contributed by atoms with E-state index in [1.165, 1.54) is 11.3 Å². The average molecular weight is 470 g/mol. The van der Waals surface area contributed by atoms with E-state index >= 15 is 0 Å². The topological polar surface area (TPSA) is 78.9 Å². The Hall–Kier alpha value is -3.92. The van der Waals surface area contributed by atoms with Crippen LogP contribution in [0.15, 0.2) is 81.5 Å². The molecule has 0 aliphatic rings. The minimum atomic E-state index is -0.468. The van der Waals surface area contributed by atoms with E-state index in [0.717, 1.165) is 27.4 Å². The maximum atomic E-state index is 12.7. The number of hydrogen-bond donors (Lipinski definition) is 1. The van der Waals surface area contributed by atoms with Crippen molar-refractivity contribution in [3.8, 4) is 17.3 Å². The molecule has 7 heteroatoms. The summed E-state index contributed by atoms with van der Waals surface area (Å²) >= 11 is 7.46. The summed E-state index contributed by atoms with van der Waals surface area (Å²) in [7, 11) is 0. The van der Waals surface area contributed by atoms with E-state index in [1.807, 2.05) is 55.5 Å². The summed E-state index contributed by atoms with van der Waals surface area (Å²) in [5, 5.41) is 18.5. The monoisotopic (exact) mass is 469 g/mol. The van der Waals surface area contributed by atoms with Gasteiger partial charge >= 0.3 is 5.63 Å². The SMILES string of the molecule is Cc1ccc(N/C=C(/C#N)c2nc(-c3cc4c(ccc5ccccc54)oc3=O)cs2)cc1Cl. The van der Waals surface area contributed by atoms with Gasteiger partial charge in [0.25, 0.3) is 0 Å². The average Bonchev–Trinajstić information content (AvgIpc) is 3.31. The molecule has 5 nitrogen and oxygen atoms in total. The normalized spacial score (nSPS) is 11.6. The fourth-order valence-corrected chi connectivity index (χ4v) is 4.52. The molecule has 2 heterocycles. The molecule has 0 saturated heterocycles. The standard InChI is InChI=1S/C26H16ClN3O2S/c1-15-6-8-18(10-22(15)27)29-13-17(12-28)25-30-23(14-33-25)21-11-20-19-5-3-2-4-16(19)7-9-24(20)32-26(21)31/h2-11,13-14,29H,1H3/b17-13-. The van der Waals surface area contributed by atoms with E-state index in [9.17, 15) is 10.1 Å². The van der Waals surface area contributed by atoms with Crippen LogP contribution in [0.1, 0.15) is 10.6 Å². The second-order valence-corrected chi connectivity index (χ2v) is 8.73. The lowest BCUT2D eigenvalue weighted by atomic mass is 10.0. The Morgan fingerprint density at radius 1 is 1.15 bits per heavy atom. The number of benzene rings is 3. The maximum Gasteiger partial charge on any atom is 0.345 e. The number of anilines is 1. The first kappa shape index (κ1) is 21.0. The van der Waals surface area contributed by atoms with Crippen LogP contribution in [0, 0.1) is 18.3 Å². The van der Waals surface area contributed by atoms with Crippen molar-refractivity contribution in [2.45, 2.75) is 6.92 Å². The maximum absolute atomic E-state index is 12.7. The number of aromatic nitrogens is 1. The van der Waals surface area contributed by atoms with Gasteiger partial charge in [-0.05, 0) is 47.5 Å². The van der Waals surface area contributed by atoms with Crippen molar-refractivity contribution in [1.82, 2.24) is 4.98 Å². The van der Waals surface area contributed by atoms with Crippen molar-refractivity contribution >= 4 is 55.9 Å². The summed E-state index contributed by atoms with van der Waals surface area (Å²) in [5.41, 5.74) is 2.96. The van der Waals surface area contributed by atoms with E-state index in [4.69, 9.17) is 16.0 Å². The van der Waals surface area contributed by atoms with Crippen molar-refractivity contribution in [2.24, 2.45) is 0 Å². The highest BCUT2D eigenvalue weighted by Crippen LogP contribution is 2.30. The van der Waals surface area contributed by atoms with Gasteiger partial charge in [-0.15, -0.1) is 11.3 Å². The molecule has 3 aromatic carbocycles. The summed E-state index contributed by atoms with van der Waals surface area (Å²) < 4.78 is 5.58. The number of nitriles is 1. The van der Waals surface area contributed by atoms with Crippen LogP contribution in [0.5, 0.6) is 0 Å². The Balaban J connectivity index is 1.52. The number of nitrogens with one attached hydrogen (secondary N) is 1. The third kappa shape index (κ3) is 4.00. The molecule has 0 fully saturated rings. The van der Waals surface area contributed by atoms with Gasteiger partial charge in [0.05, 0.1) is 11.3 Å². The Morgan fingerprint density at radius 2 is 2.00 bits per heavy atom. The largest absolute Gasteiger partial charge is 0.422 e. The van der Waals surface area contributed by atoms with Gasteiger partial charge in [0.2, 0.25) is 0 Å². The van der Waals surface area contributed by atoms with Crippen LogP contribution in [0.25, 0.3) is 38.6 Å². The zero-order chi connectivity index (χ0) is 22.9. The minimum absolute atomic E-state index is 0.346. The molecule has 1 N–H and O–H groups in total. The molecule has 0 saturated carbocycles. The van der Waals surface area contributed by atoms with Crippen LogP contribution in [-0.2, 0) is 0 Å². The second kappa shape index (κ2) is 8.55. The fraction of sp³-hybridized carbons (Fsp3) is 0.0385. The Kier molecular flexibility index (Phi) is 5.43. The third-order valence-corrected chi connectivity index (χ3v) is 6.61. The summed E-state index contributed by atoms with van der Waals surface area (Å²) in [6, 6.07) is 21.2. The van der Waals surface area contributed by atoms with E-state index in [-0.39, 0.29) is 0 Å². The summed E-state index contributed by atoms with van der Waals surface area (Å²) in [4.78, 5) is 17.2. The highest BCUT2D eigenvalue weighted by atomic mass is 35.5. The van der Waals surface area contributed by atoms with Gasteiger partial charge in [-0.3, -0.25) is 0 Å². The number of thiazole rings is 1. The molecule has 33 heavy (non-hydrogen) atoms. The van der Waals surface area contributed by atoms with Crippen molar-refractivity contribution < 1.29 is 4.42 Å². The van der Waals surface area contributed by atoms with Crippen molar-refractivity contribution in [2.75, 3.05) is 5.32 Å². The Morgan fingerprint density at radius 3 is 2.82 bits per heavy atom. The molecule has 0 amide bonds. The predicted molar refractivity (Wildman–Crippen MR) is 134 cm³/mol. The van der Waals surface area contributed by atoms with Gasteiger partial charge in [-0.1, -0.05) is 48.0 Å². The Bertz CT molecular complexity index is 1660. The molecule has 160 valence electrons. The number of fused-ring (bicyclic) bond motifs is 3. The van der Waals surface area contributed by atoms with Gasteiger partial charge in [0, 0.05) is 27.7 Å². The first-order chi connectivity index (χ1) is 16.0. The molecule has 0 bridgehead atoms. The van der Waals surface area contributed by atoms with Crippen LogP contribution in [0.4, 0.5) is 5.69 Å². The summed E-state index contributed by atoms with van der Waals surface area (Å²) in [6.07, 6.45) is 1.58. The second-order valence-electron chi connectivity index (χ2n) is 7.46. The lowest BCUT2D eigenvalue weighted by molar-refractivity contribution is 0.563. The molecule has 0 unspecified atom stereocenters. The third-order valence-electron chi connectivity index (χ3n) is 5.33. The number of aryl methyl sites for hydroxylation is 1. The number of allylic oxidation sites excluding steroid dienone is 1. The molecular formula is C26H16ClN3O2S. The zero-order valence-corrected chi connectivity index (χ0v) is 19.0. The van der Waals surface area contributed by atoms with Gasteiger partial charge in [-0.2, -0.15) is 5.26 Å². The Labute approximate surface area is 198 Å². The van der Waals surface area contributed by atoms with Crippen LogP contribution in [0.3, 0.4) is 0 Å². The van der Waals surface area contributed by atoms with E-state index in [0.29, 0.717) is 32.4 Å². The zero-order valence-electron chi connectivity index (χ0n) is 17.4. The van der Waals surface area contributed by atoms with Crippen LogP contribution >= 0.6 is 22.9 Å². The van der Waals surface area contributed by atoms with E-state index in [1.54, 1.807) is 23.7 Å². The van der Waals surface area contributed by atoms with Crippen LogP contribution in [-0.4, -0.2) is 4.98 Å². The van der Waals surface area contributed by atoms with Gasteiger partial charge in [0.15, 0.2) is 0 Å². The molecule has 0 atom stereocenters. The van der Waals surface area contributed by atoms with Crippen molar-refractivity contribution in [3.63, 3.8) is 0 Å². The quantitative estimate of drug-likeness (QED) is 0.174. The smallest absolute Gasteiger partial charge is 0.345 e. The van der Waals surface area contributed by atoms with Crippen LogP contribution in [0.2, 0.25) is 5.02 Å². The molecule has 5 rings (SSSR count). The molecular weight excluding hydrogens is 454 g/mol. The number of nitrogens with zero attached hydrogens (tertiary/aromatic N) is 2. The predicted octanol–water partition coefficient (Wildman–Crippen LogP) is 7.01. The van der Waals surface area contributed by atoms with E-state index in [2.05, 4.69) is 16.4 Å². The molecule has 0 aliphatic carbocycles. The van der Waals surface area contributed by atoms with Crippen LogP contribution < -0.4 is 10.9 Å². The molecule has 2 aromatic heterocycles. The first-order valence-corrected chi connectivity index (χ1v) is 11.3. The first-order valence-electron chi connectivity index (χ1n) is 10.1. The lowest BCUT2D eigenvalue weighted by Crippen LogP contribution is -2.03. The lowest BCUT2D eigenvalue weighted by Gasteiger charge is -2.04. The highest BCUT2D eigenvalue weighted by molar-refractivity contribution is 7.11. The minimum Gasteiger partial charge on any atom is -0.422 e. The highest BCUT2D eigenvalue weighted by Gasteiger charge is 2.15. The summed E-state index contributed by atoms with van der Waals surface area (Å²) in [5.74, 6) is 0. The number of rotatable bonds is 4. The van der Waals surface area contributed by atoms with Gasteiger partial charge in [-0.25, -0.2) is 9.78 Å². The summed E-state index contributed by atoms with van der Waals surface area (Å²) in [6.45, 7) is 1.92. The van der Waals surface area contributed by atoms with Crippen molar-refractivity contribution in [3.05, 3.63) is 98.3 Å². The van der Waals surface area contributed by atoms with Crippen molar-refractivity contribution in [1.29, 1.82) is 5.26 Å². The molecule has 0 radical (unpaired) electrons. The van der Waals surface area contributed by atoms with Gasteiger partial charge in [0.1, 0.15) is 22.2 Å². The van der Waals surface area contributed by atoms with Gasteiger partial charge < -0.3 is 9.73 Å². The molecule has 5 aromatic rings. The number of halogens is 1. The molecule has 0 aliphatic heterocycles. The molecule has 0 spiro atoms. The fourth-order valence-electron chi connectivity index (χ4n) is 3.55. The number of hydrogen-bond acceptors (Lipinski definition) is 6. The van der Waals surface area contributed by atoms with E-state index < -0.39 is 5.63 Å².